The van der Waals surface area contributed by atoms with Gasteiger partial charge < -0.3 is 22.2 Å². The lowest BCUT2D eigenvalue weighted by molar-refractivity contribution is 0.102. The van der Waals surface area contributed by atoms with Crippen LogP contribution in [0.25, 0.3) is 11.1 Å². The summed E-state index contributed by atoms with van der Waals surface area (Å²) >= 11 is 0. The standard InChI is InChI=1S/C19H19N5O/c20-13-8-6-12(7-9-13)15-10-11-16(24-22)18(21)17(15)19(25)23-14-4-2-1-3-5-14/h1-11,24H,20-22H2,(H,23,25). The number of anilines is 4. The third-order valence-electron chi connectivity index (χ3n) is 3.88. The molecule has 0 heterocycles. The van der Waals surface area contributed by atoms with Crippen LogP contribution in [-0.4, -0.2) is 5.91 Å². The van der Waals surface area contributed by atoms with Gasteiger partial charge in [0, 0.05) is 11.4 Å². The average Bonchev–Trinajstić information content (AvgIpc) is 2.63. The zero-order chi connectivity index (χ0) is 17.8. The van der Waals surface area contributed by atoms with Crippen molar-refractivity contribution in [2.45, 2.75) is 0 Å². The number of carbonyl (C=O) groups is 1. The molecule has 8 N–H and O–H groups in total. The summed E-state index contributed by atoms with van der Waals surface area (Å²) in [5.41, 5.74) is 18.4. The summed E-state index contributed by atoms with van der Waals surface area (Å²) in [7, 11) is 0. The van der Waals surface area contributed by atoms with Crippen molar-refractivity contribution in [2.75, 3.05) is 22.2 Å². The van der Waals surface area contributed by atoms with Gasteiger partial charge in [-0.1, -0.05) is 36.4 Å². The lowest BCUT2D eigenvalue weighted by Crippen LogP contribution is -2.18. The van der Waals surface area contributed by atoms with Crippen LogP contribution < -0.4 is 28.1 Å². The molecule has 0 aliphatic heterocycles. The highest BCUT2D eigenvalue weighted by atomic mass is 16.1. The molecule has 0 fully saturated rings. The first-order chi connectivity index (χ1) is 12.1. The minimum absolute atomic E-state index is 0.283. The second-order valence-corrected chi connectivity index (χ2v) is 5.54. The molecule has 6 nitrogen and oxygen atoms in total. The van der Waals surface area contributed by atoms with Crippen molar-refractivity contribution >= 4 is 28.7 Å². The first kappa shape index (κ1) is 16.4. The number of hydrogen-bond acceptors (Lipinski definition) is 5. The Balaban J connectivity index is 2.08. The summed E-state index contributed by atoms with van der Waals surface area (Å²) in [4.78, 5) is 12.9. The molecule has 0 aromatic heterocycles. The number of amides is 1. The molecule has 3 aromatic rings. The van der Waals surface area contributed by atoms with E-state index in [0.717, 1.165) is 5.56 Å². The van der Waals surface area contributed by atoms with Crippen molar-refractivity contribution in [3.8, 4) is 11.1 Å². The SMILES string of the molecule is NNc1ccc(-c2ccc(N)cc2)c(C(=O)Nc2ccccc2)c1N. The Hall–Kier alpha value is -3.51. The number of hydrogen-bond donors (Lipinski definition) is 5. The van der Waals surface area contributed by atoms with Gasteiger partial charge in [0.05, 0.1) is 16.9 Å². The fourth-order valence-electron chi connectivity index (χ4n) is 2.61. The Bertz CT molecular complexity index is 892. The van der Waals surface area contributed by atoms with Crippen molar-refractivity contribution < 1.29 is 4.79 Å². The van der Waals surface area contributed by atoms with Crippen LogP contribution in [0.5, 0.6) is 0 Å². The zero-order valence-corrected chi connectivity index (χ0v) is 13.5. The quantitative estimate of drug-likeness (QED) is 0.285. The van der Waals surface area contributed by atoms with Gasteiger partial charge in [0.1, 0.15) is 0 Å². The van der Waals surface area contributed by atoms with Crippen molar-refractivity contribution in [1.29, 1.82) is 0 Å². The molecule has 126 valence electrons. The van der Waals surface area contributed by atoms with E-state index in [9.17, 15) is 4.79 Å². The number of nitrogens with one attached hydrogen (secondary N) is 2. The largest absolute Gasteiger partial charge is 0.399 e. The molecule has 0 aliphatic carbocycles. The number of para-hydroxylation sites is 1. The maximum atomic E-state index is 12.9. The Morgan fingerprint density at radius 3 is 2.16 bits per heavy atom. The van der Waals surface area contributed by atoms with Gasteiger partial charge >= 0.3 is 0 Å². The highest BCUT2D eigenvalue weighted by Crippen LogP contribution is 2.33. The molecule has 3 aromatic carbocycles. The molecule has 0 saturated carbocycles. The van der Waals surface area contributed by atoms with Crippen molar-refractivity contribution in [3.63, 3.8) is 0 Å². The molecular weight excluding hydrogens is 314 g/mol. The maximum Gasteiger partial charge on any atom is 0.258 e. The first-order valence-corrected chi connectivity index (χ1v) is 7.71. The van der Waals surface area contributed by atoms with E-state index >= 15 is 0 Å². The number of nitrogens with two attached hydrogens (primary N) is 3. The zero-order valence-electron chi connectivity index (χ0n) is 13.5. The summed E-state index contributed by atoms with van der Waals surface area (Å²) < 4.78 is 0. The monoisotopic (exact) mass is 333 g/mol. The van der Waals surface area contributed by atoms with E-state index in [1.807, 2.05) is 42.5 Å². The summed E-state index contributed by atoms with van der Waals surface area (Å²) in [6.45, 7) is 0. The minimum atomic E-state index is -0.312. The second-order valence-electron chi connectivity index (χ2n) is 5.54. The summed E-state index contributed by atoms with van der Waals surface area (Å²) in [6, 6.07) is 20.0. The van der Waals surface area contributed by atoms with E-state index in [-0.39, 0.29) is 11.6 Å². The van der Waals surface area contributed by atoms with Gasteiger partial charge in [0.2, 0.25) is 0 Å². The van der Waals surface area contributed by atoms with E-state index in [4.69, 9.17) is 17.3 Å². The Kier molecular flexibility index (Phi) is 4.54. The molecule has 0 unspecified atom stereocenters. The van der Waals surface area contributed by atoms with Crippen LogP contribution in [0.4, 0.5) is 22.7 Å². The van der Waals surface area contributed by atoms with Crippen LogP contribution in [0.2, 0.25) is 0 Å². The summed E-state index contributed by atoms with van der Waals surface area (Å²) in [6.07, 6.45) is 0. The molecule has 6 heteroatoms. The average molecular weight is 333 g/mol. The molecule has 0 saturated heterocycles. The Morgan fingerprint density at radius 2 is 1.52 bits per heavy atom. The molecular formula is C19H19N5O. The normalized spacial score (nSPS) is 10.3. The predicted molar refractivity (Wildman–Crippen MR) is 103 cm³/mol. The van der Waals surface area contributed by atoms with E-state index in [1.54, 1.807) is 24.3 Å². The van der Waals surface area contributed by atoms with Crippen LogP contribution in [-0.2, 0) is 0 Å². The maximum absolute atomic E-state index is 12.9. The van der Waals surface area contributed by atoms with Gasteiger partial charge in [-0.25, -0.2) is 0 Å². The predicted octanol–water partition coefficient (Wildman–Crippen LogP) is 3.06. The molecule has 0 radical (unpaired) electrons. The number of hydrazine groups is 1. The Labute approximate surface area is 145 Å². The van der Waals surface area contributed by atoms with E-state index < -0.39 is 0 Å². The van der Waals surface area contributed by atoms with E-state index in [1.165, 1.54) is 0 Å². The molecule has 0 aliphatic rings. The lowest BCUT2D eigenvalue weighted by atomic mass is 9.96. The molecule has 1 amide bonds. The van der Waals surface area contributed by atoms with Crippen LogP contribution in [0.15, 0.2) is 66.7 Å². The van der Waals surface area contributed by atoms with Crippen molar-refractivity contribution in [1.82, 2.24) is 0 Å². The number of benzene rings is 3. The lowest BCUT2D eigenvalue weighted by Gasteiger charge is -2.16. The molecule has 3 rings (SSSR count). The summed E-state index contributed by atoms with van der Waals surface area (Å²) in [5, 5.41) is 2.86. The number of carbonyl (C=O) groups excluding carboxylic acids is 1. The van der Waals surface area contributed by atoms with Gasteiger partial charge in [0.15, 0.2) is 0 Å². The van der Waals surface area contributed by atoms with Crippen LogP contribution in [0.3, 0.4) is 0 Å². The van der Waals surface area contributed by atoms with Gasteiger partial charge in [-0.05, 0) is 41.5 Å². The van der Waals surface area contributed by atoms with E-state index in [0.29, 0.717) is 28.2 Å². The van der Waals surface area contributed by atoms with E-state index in [2.05, 4.69) is 10.7 Å². The smallest absolute Gasteiger partial charge is 0.258 e. The molecule has 25 heavy (non-hydrogen) atoms. The topological polar surface area (TPSA) is 119 Å². The van der Waals surface area contributed by atoms with Crippen LogP contribution >= 0.6 is 0 Å². The van der Waals surface area contributed by atoms with Crippen LogP contribution in [0.1, 0.15) is 10.4 Å². The fourth-order valence-corrected chi connectivity index (χ4v) is 2.61. The third kappa shape index (κ3) is 3.39. The third-order valence-corrected chi connectivity index (χ3v) is 3.88. The molecule has 0 atom stereocenters. The van der Waals surface area contributed by atoms with Crippen LogP contribution in [0, 0.1) is 0 Å². The molecule has 0 spiro atoms. The van der Waals surface area contributed by atoms with Gasteiger partial charge in [0.25, 0.3) is 5.91 Å². The minimum Gasteiger partial charge on any atom is -0.399 e. The second kappa shape index (κ2) is 6.94. The van der Waals surface area contributed by atoms with Gasteiger partial charge in [-0.15, -0.1) is 0 Å². The van der Waals surface area contributed by atoms with Crippen molar-refractivity contribution in [3.05, 3.63) is 72.3 Å². The highest BCUT2D eigenvalue weighted by Gasteiger charge is 2.19. The van der Waals surface area contributed by atoms with Crippen molar-refractivity contribution in [2.24, 2.45) is 5.84 Å². The number of rotatable bonds is 4. The highest BCUT2D eigenvalue weighted by molar-refractivity contribution is 6.14. The fraction of sp³-hybridized carbons (Fsp3) is 0. The Morgan fingerprint density at radius 1 is 0.840 bits per heavy atom. The van der Waals surface area contributed by atoms with Gasteiger partial charge in [-0.3, -0.25) is 10.6 Å². The summed E-state index contributed by atoms with van der Waals surface area (Å²) in [5.74, 6) is 5.19. The number of nitrogen functional groups attached to an aromatic ring is 3. The first-order valence-electron chi connectivity index (χ1n) is 7.71. The van der Waals surface area contributed by atoms with Gasteiger partial charge in [-0.2, -0.15) is 0 Å². The molecule has 0 bridgehead atoms.